The molecule has 188 valence electrons. The Balaban J connectivity index is 1.41. The molecule has 35 heavy (non-hydrogen) atoms. The summed E-state index contributed by atoms with van der Waals surface area (Å²) < 4.78 is 12.5. The van der Waals surface area contributed by atoms with Crippen LogP contribution in [0.25, 0.3) is 0 Å². The van der Waals surface area contributed by atoms with Crippen molar-refractivity contribution in [2.24, 2.45) is 11.8 Å². The predicted octanol–water partition coefficient (Wildman–Crippen LogP) is 3.02. The van der Waals surface area contributed by atoms with Crippen LogP contribution >= 0.6 is 15.9 Å². The van der Waals surface area contributed by atoms with Crippen molar-refractivity contribution in [2.75, 3.05) is 25.6 Å². The van der Waals surface area contributed by atoms with Gasteiger partial charge in [0.1, 0.15) is 11.6 Å². The first kappa shape index (κ1) is 24.5. The minimum absolute atomic E-state index is 0.113. The van der Waals surface area contributed by atoms with Crippen LogP contribution in [0.3, 0.4) is 0 Å². The number of methoxy groups -OCH3 is 1. The number of anilines is 1. The number of ether oxygens (including phenoxy) is 2. The molecule has 9 heteroatoms. The Hall–Kier alpha value is -2.23. The molecule has 2 N–H and O–H groups in total. The first-order valence-electron chi connectivity index (χ1n) is 12.5. The van der Waals surface area contributed by atoms with Gasteiger partial charge in [0.25, 0.3) is 0 Å². The van der Waals surface area contributed by atoms with E-state index in [9.17, 15) is 14.4 Å². The van der Waals surface area contributed by atoms with Gasteiger partial charge in [-0.1, -0.05) is 47.3 Å². The number of fused-ring (bicyclic) bond motifs is 1. The summed E-state index contributed by atoms with van der Waals surface area (Å²) in [4.78, 5) is 42.5. The summed E-state index contributed by atoms with van der Waals surface area (Å²) in [5.41, 5.74) is -0.483. The van der Waals surface area contributed by atoms with Gasteiger partial charge in [0, 0.05) is 36.5 Å². The number of benzene rings is 1. The van der Waals surface area contributed by atoms with E-state index in [4.69, 9.17) is 9.47 Å². The lowest BCUT2D eigenvalue weighted by Gasteiger charge is -2.34. The zero-order valence-electron chi connectivity index (χ0n) is 19.9. The topological polar surface area (TPSA) is 97.0 Å². The van der Waals surface area contributed by atoms with Crippen molar-refractivity contribution >= 4 is 39.3 Å². The number of rotatable bonds is 8. The minimum atomic E-state index is -1.13. The van der Waals surface area contributed by atoms with Crippen LogP contribution < -0.4 is 10.6 Å². The molecule has 3 amide bonds. The van der Waals surface area contributed by atoms with Crippen LogP contribution in [0.1, 0.15) is 38.5 Å². The van der Waals surface area contributed by atoms with Crippen molar-refractivity contribution in [1.82, 2.24) is 10.2 Å². The van der Waals surface area contributed by atoms with Crippen molar-refractivity contribution in [2.45, 2.75) is 62.3 Å². The van der Waals surface area contributed by atoms with Gasteiger partial charge in [0.05, 0.1) is 17.9 Å². The highest BCUT2D eigenvalue weighted by Crippen LogP contribution is 2.55. The predicted molar refractivity (Wildman–Crippen MR) is 134 cm³/mol. The second kappa shape index (κ2) is 10.0. The van der Waals surface area contributed by atoms with Crippen LogP contribution in [0.2, 0.25) is 0 Å². The Morgan fingerprint density at radius 2 is 1.91 bits per heavy atom. The maximum atomic E-state index is 13.8. The fourth-order valence-electron chi connectivity index (χ4n) is 6.17. The van der Waals surface area contributed by atoms with Crippen molar-refractivity contribution < 1.29 is 23.9 Å². The third-order valence-corrected chi connectivity index (χ3v) is 8.26. The Morgan fingerprint density at radius 1 is 1.17 bits per heavy atom. The highest BCUT2D eigenvalue weighted by molar-refractivity contribution is 9.10. The molecule has 3 fully saturated rings. The minimum Gasteiger partial charge on any atom is -0.385 e. The summed E-state index contributed by atoms with van der Waals surface area (Å²) >= 11 is 3.40. The lowest BCUT2D eigenvalue weighted by molar-refractivity contribution is -0.141. The van der Waals surface area contributed by atoms with E-state index in [-0.39, 0.29) is 23.8 Å². The Kier molecular flexibility index (Phi) is 7.01. The van der Waals surface area contributed by atoms with Crippen LogP contribution in [0.4, 0.5) is 5.69 Å². The zero-order chi connectivity index (χ0) is 24.6. The fraction of sp³-hybridized carbons (Fsp3) is 0.577. The standard InChI is InChI=1S/C26H32BrN3O5/c1-34-15-5-14-30-22(24(32)29-17-6-3-2-4-7-17)26-13-12-19(35-26)20(21(26)25(30)33)23(31)28-18-10-8-16(27)9-11-18/h8-13,17,19-22H,2-7,14-15H2,1H3,(H,28,31)(H,29,32)/t19-,20?,21-,22?,26?/m1/s1. The van der Waals surface area contributed by atoms with E-state index in [1.165, 1.54) is 6.42 Å². The number of hydrogen-bond donors (Lipinski definition) is 2. The molecule has 3 unspecified atom stereocenters. The van der Waals surface area contributed by atoms with Gasteiger partial charge in [-0.25, -0.2) is 0 Å². The van der Waals surface area contributed by atoms with E-state index in [1.807, 2.05) is 24.3 Å². The van der Waals surface area contributed by atoms with Crippen molar-refractivity contribution in [3.63, 3.8) is 0 Å². The molecule has 3 heterocycles. The van der Waals surface area contributed by atoms with Gasteiger partial charge >= 0.3 is 0 Å². The average Bonchev–Trinajstić information content (AvgIpc) is 3.49. The third-order valence-electron chi connectivity index (χ3n) is 7.74. The molecule has 3 aliphatic heterocycles. The Morgan fingerprint density at radius 3 is 2.63 bits per heavy atom. The summed E-state index contributed by atoms with van der Waals surface area (Å²) in [5, 5.41) is 6.14. The fourth-order valence-corrected chi connectivity index (χ4v) is 6.44. The molecule has 1 aromatic carbocycles. The Labute approximate surface area is 213 Å². The molecule has 0 aromatic heterocycles. The molecule has 2 saturated heterocycles. The third kappa shape index (κ3) is 4.42. The highest BCUT2D eigenvalue weighted by atomic mass is 79.9. The summed E-state index contributed by atoms with van der Waals surface area (Å²) in [7, 11) is 1.61. The van der Waals surface area contributed by atoms with Crippen molar-refractivity contribution in [3.05, 3.63) is 40.9 Å². The second-order valence-electron chi connectivity index (χ2n) is 9.92. The Bertz CT molecular complexity index is 1010. The van der Waals surface area contributed by atoms with E-state index < -0.39 is 29.6 Å². The second-order valence-corrected chi connectivity index (χ2v) is 10.8. The molecule has 1 aromatic rings. The van der Waals surface area contributed by atoms with Crippen LogP contribution in [0, 0.1) is 11.8 Å². The normalized spacial score (nSPS) is 31.6. The summed E-state index contributed by atoms with van der Waals surface area (Å²) in [5.74, 6) is -2.10. The zero-order valence-corrected chi connectivity index (χ0v) is 21.5. The van der Waals surface area contributed by atoms with Gasteiger partial charge in [-0.15, -0.1) is 0 Å². The van der Waals surface area contributed by atoms with Crippen LogP contribution in [-0.2, 0) is 23.9 Å². The molecule has 8 nitrogen and oxygen atoms in total. The lowest BCUT2D eigenvalue weighted by atomic mass is 9.74. The lowest BCUT2D eigenvalue weighted by Crippen LogP contribution is -2.56. The number of halogens is 1. The van der Waals surface area contributed by atoms with Crippen LogP contribution in [-0.4, -0.2) is 66.7 Å². The van der Waals surface area contributed by atoms with Gasteiger partial charge < -0.3 is 25.0 Å². The number of nitrogens with one attached hydrogen (secondary N) is 2. The van der Waals surface area contributed by atoms with E-state index in [2.05, 4.69) is 26.6 Å². The average molecular weight is 546 g/mol. The molecule has 4 aliphatic rings. The molecule has 0 radical (unpaired) electrons. The molecule has 2 bridgehead atoms. The molecule has 1 aliphatic carbocycles. The number of nitrogens with zero attached hydrogens (tertiary/aromatic N) is 1. The van der Waals surface area contributed by atoms with E-state index in [0.717, 1.165) is 30.2 Å². The molecule has 1 spiro atoms. The monoisotopic (exact) mass is 545 g/mol. The van der Waals surface area contributed by atoms with Crippen LogP contribution in [0.15, 0.2) is 40.9 Å². The first-order chi connectivity index (χ1) is 16.9. The molecule has 5 atom stereocenters. The molecular formula is C26H32BrN3O5. The van der Waals surface area contributed by atoms with Gasteiger partial charge in [0.15, 0.2) is 0 Å². The van der Waals surface area contributed by atoms with Gasteiger partial charge in [-0.05, 0) is 43.5 Å². The number of amides is 3. The van der Waals surface area contributed by atoms with Gasteiger partial charge in [-0.3, -0.25) is 14.4 Å². The van der Waals surface area contributed by atoms with E-state index in [1.54, 1.807) is 24.1 Å². The van der Waals surface area contributed by atoms with Crippen LogP contribution in [0.5, 0.6) is 0 Å². The number of likely N-dealkylation sites (tertiary alicyclic amines) is 1. The van der Waals surface area contributed by atoms with E-state index in [0.29, 0.717) is 25.3 Å². The van der Waals surface area contributed by atoms with E-state index >= 15 is 0 Å². The molecule has 1 saturated carbocycles. The summed E-state index contributed by atoms with van der Waals surface area (Å²) in [6, 6.07) is 6.61. The quantitative estimate of drug-likeness (QED) is 0.386. The number of hydrogen-bond acceptors (Lipinski definition) is 5. The maximum Gasteiger partial charge on any atom is 0.246 e. The maximum absolute atomic E-state index is 13.8. The van der Waals surface area contributed by atoms with Gasteiger partial charge in [0.2, 0.25) is 17.7 Å². The highest BCUT2D eigenvalue weighted by Gasteiger charge is 2.72. The SMILES string of the molecule is COCCCN1C(=O)[C@H]2C(C(=O)Nc3ccc(Br)cc3)[C@H]3C=CC2(O3)C1C(=O)NC1CCCCC1. The molecular weight excluding hydrogens is 514 g/mol. The summed E-state index contributed by atoms with van der Waals surface area (Å²) in [6.45, 7) is 0.849. The molecule has 5 rings (SSSR count). The smallest absolute Gasteiger partial charge is 0.246 e. The number of carbonyl (C=O) groups is 3. The number of carbonyl (C=O) groups excluding carboxylic acids is 3. The van der Waals surface area contributed by atoms with Crippen molar-refractivity contribution in [1.29, 1.82) is 0 Å². The largest absolute Gasteiger partial charge is 0.385 e. The van der Waals surface area contributed by atoms with Gasteiger partial charge in [-0.2, -0.15) is 0 Å². The first-order valence-corrected chi connectivity index (χ1v) is 13.3. The summed E-state index contributed by atoms with van der Waals surface area (Å²) in [6.07, 6.45) is 9.03. The van der Waals surface area contributed by atoms with Crippen molar-refractivity contribution in [3.8, 4) is 0 Å².